The molecule has 0 amide bonds. The summed E-state index contributed by atoms with van der Waals surface area (Å²) in [5.41, 5.74) is 0. The fraction of sp³-hybridized carbons (Fsp3) is 0.800. The zero-order valence-corrected chi connectivity index (χ0v) is 15.4. The average Bonchev–Trinajstić information content (AvgIpc) is 2.56. The number of ether oxygens (including phenoxy) is 1. The van der Waals surface area contributed by atoms with Crippen molar-refractivity contribution in [2.75, 3.05) is 6.61 Å². The van der Waals surface area contributed by atoms with Gasteiger partial charge in [-0.15, -0.1) is 0 Å². The third kappa shape index (κ3) is 23.7. The van der Waals surface area contributed by atoms with Gasteiger partial charge in [0.05, 0.1) is 6.61 Å². The first kappa shape index (κ1) is 26.9. The molecule has 0 unspecified atom stereocenters. The number of aliphatic carboxylic acids is 1. The number of hydrogen-bond acceptors (Lipinski definition) is 3. The minimum atomic E-state index is -1.14. The number of carboxylic acids is 1. The molecule has 0 aliphatic carbocycles. The van der Waals surface area contributed by atoms with Crippen LogP contribution in [0.4, 0.5) is 0 Å². The zero-order valence-electron chi connectivity index (χ0n) is 15.4. The van der Waals surface area contributed by atoms with Crippen LogP contribution < -0.4 is 0 Å². The van der Waals surface area contributed by atoms with Crippen molar-refractivity contribution < 1.29 is 19.4 Å². The Labute approximate surface area is 176 Å². The maximum atomic E-state index is 11.1. The van der Waals surface area contributed by atoms with Crippen LogP contribution in [0.2, 0.25) is 0 Å². The molecule has 0 atom stereocenters. The van der Waals surface area contributed by atoms with Gasteiger partial charge in [0.25, 0.3) is 0 Å². The van der Waals surface area contributed by atoms with Gasteiger partial charge in [0.2, 0.25) is 0 Å². The van der Waals surface area contributed by atoms with Crippen LogP contribution in [0.25, 0.3) is 0 Å². The van der Waals surface area contributed by atoms with E-state index in [4.69, 9.17) is 9.84 Å². The first-order valence-electron chi connectivity index (χ1n) is 9.74. The number of carboxylic acid groups (broad SMARTS) is 1. The third-order valence-electron chi connectivity index (χ3n) is 4.10. The fourth-order valence-corrected chi connectivity index (χ4v) is 2.66. The molecule has 142 valence electrons. The second-order valence-electron chi connectivity index (χ2n) is 6.44. The molecular formula is C20H37NaO4. The molecule has 0 aliphatic heterocycles. The second-order valence-corrected chi connectivity index (χ2v) is 6.44. The van der Waals surface area contributed by atoms with Gasteiger partial charge in [-0.3, -0.25) is 0 Å². The van der Waals surface area contributed by atoms with E-state index >= 15 is 0 Å². The van der Waals surface area contributed by atoms with Crippen molar-refractivity contribution in [2.45, 2.75) is 96.8 Å². The Hall–Kier alpha value is -0.320. The Morgan fingerprint density at radius 1 is 0.720 bits per heavy atom. The average molecular weight is 365 g/mol. The molecule has 0 saturated carbocycles. The van der Waals surface area contributed by atoms with Gasteiger partial charge in [0.1, 0.15) is 0 Å². The van der Waals surface area contributed by atoms with Crippen LogP contribution in [-0.4, -0.2) is 53.2 Å². The van der Waals surface area contributed by atoms with E-state index in [9.17, 15) is 9.59 Å². The van der Waals surface area contributed by atoms with Crippen molar-refractivity contribution in [3.05, 3.63) is 12.2 Å². The van der Waals surface area contributed by atoms with Gasteiger partial charge in [0.15, 0.2) is 0 Å². The SMILES string of the molecule is CCCCCCCCCCCCCCCCOC(=O)/C=C/C(=O)O.[NaH]. The van der Waals surface area contributed by atoms with E-state index in [0.717, 1.165) is 25.0 Å². The Morgan fingerprint density at radius 3 is 1.52 bits per heavy atom. The molecule has 25 heavy (non-hydrogen) atoms. The van der Waals surface area contributed by atoms with Gasteiger partial charge in [-0.1, -0.05) is 90.4 Å². The molecule has 0 aromatic heterocycles. The fourth-order valence-electron chi connectivity index (χ4n) is 2.66. The third-order valence-corrected chi connectivity index (χ3v) is 4.10. The van der Waals surface area contributed by atoms with Gasteiger partial charge in [-0.25, -0.2) is 9.59 Å². The first-order valence-corrected chi connectivity index (χ1v) is 9.74. The molecule has 0 saturated heterocycles. The van der Waals surface area contributed by atoms with Crippen LogP contribution in [0.15, 0.2) is 12.2 Å². The van der Waals surface area contributed by atoms with E-state index in [0.29, 0.717) is 6.61 Å². The molecule has 0 heterocycles. The number of rotatable bonds is 17. The molecule has 1 N–H and O–H groups in total. The summed E-state index contributed by atoms with van der Waals surface area (Å²) in [4.78, 5) is 21.3. The van der Waals surface area contributed by atoms with Gasteiger partial charge in [-0.2, -0.15) is 0 Å². The summed E-state index contributed by atoms with van der Waals surface area (Å²) in [6, 6.07) is 0. The number of esters is 1. The van der Waals surface area contributed by atoms with Gasteiger partial charge in [-0.05, 0) is 6.42 Å². The van der Waals surface area contributed by atoms with E-state index in [2.05, 4.69) is 6.92 Å². The Morgan fingerprint density at radius 2 is 1.12 bits per heavy atom. The van der Waals surface area contributed by atoms with Crippen molar-refractivity contribution in [3.8, 4) is 0 Å². The molecule has 0 radical (unpaired) electrons. The van der Waals surface area contributed by atoms with Gasteiger partial charge < -0.3 is 9.84 Å². The summed E-state index contributed by atoms with van der Waals surface area (Å²) in [6.07, 6.45) is 19.8. The maximum absolute atomic E-state index is 11.1. The van der Waals surface area contributed by atoms with Crippen LogP contribution in [0.1, 0.15) is 96.8 Å². The van der Waals surface area contributed by atoms with Crippen molar-refractivity contribution in [2.24, 2.45) is 0 Å². The van der Waals surface area contributed by atoms with Gasteiger partial charge in [0, 0.05) is 12.2 Å². The summed E-state index contributed by atoms with van der Waals surface area (Å²) in [5.74, 6) is -1.71. The predicted octanol–water partition coefficient (Wildman–Crippen LogP) is 5.00. The molecule has 0 fully saturated rings. The molecule has 0 aromatic carbocycles. The van der Waals surface area contributed by atoms with E-state index < -0.39 is 11.9 Å². The molecule has 0 aliphatic rings. The van der Waals surface area contributed by atoms with Crippen LogP contribution in [0.5, 0.6) is 0 Å². The van der Waals surface area contributed by atoms with E-state index in [-0.39, 0.29) is 29.6 Å². The van der Waals surface area contributed by atoms with Crippen LogP contribution in [-0.2, 0) is 14.3 Å². The summed E-state index contributed by atoms with van der Waals surface area (Å²) in [7, 11) is 0. The van der Waals surface area contributed by atoms with E-state index in [1.807, 2.05) is 0 Å². The van der Waals surface area contributed by atoms with E-state index in [1.165, 1.54) is 77.0 Å². The quantitative estimate of drug-likeness (QED) is 0.171. The molecule has 0 bridgehead atoms. The van der Waals surface area contributed by atoms with Crippen molar-refractivity contribution in [1.82, 2.24) is 0 Å². The standard InChI is InChI=1S/C20H36O4.Na.H/c1-2-3-4-5-6-7-8-9-10-11-12-13-14-15-18-24-20(23)17-16-19(21)22;;/h16-17H,2-15,18H2,1H3,(H,21,22);;/b17-16+;;. The Balaban J connectivity index is 0. The molecule has 0 spiro atoms. The predicted molar refractivity (Wildman–Crippen MR) is 105 cm³/mol. The monoisotopic (exact) mass is 364 g/mol. The van der Waals surface area contributed by atoms with Crippen LogP contribution in [0, 0.1) is 0 Å². The van der Waals surface area contributed by atoms with Crippen LogP contribution in [0.3, 0.4) is 0 Å². The summed E-state index contributed by atoms with van der Waals surface area (Å²) in [6.45, 7) is 2.63. The van der Waals surface area contributed by atoms with E-state index in [1.54, 1.807) is 0 Å². The van der Waals surface area contributed by atoms with Crippen molar-refractivity contribution in [1.29, 1.82) is 0 Å². The molecule has 4 nitrogen and oxygen atoms in total. The summed E-state index contributed by atoms with van der Waals surface area (Å²) in [5, 5.41) is 8.37. The minimum absolute atomic E-state index is 0. The number of unbranched alkanes of at least 4 members (excludes halogenated alkanes) is 13. The Bertz CT molecular complexity index is 343. The Kier molecular flexibility index (Phi) is 23.4. The zero-order chi connectivity index (χ0) is 17.9. The molecule has 5 heteroatoms. The van der Waals surface area contributed by atoms with Crippen molar-refractivity contribution >= 4 is 41.5 Å². The number of carbonyl (C=O) groups is 2. The van der Waals surface area contributed by atoms with Gasteiger partial charge >= 0.3 is 41.5 Å². The second kappa shape index (κ2) is 21.7. The molecule has 0 rings (SSSR count). The number of carbonyl (C=O) groups excluding carboxylic acids is 1. The first-order chi connectivity index (χ1) is 11.7. The molecule has 0 aromatic rings. The summed E-state index contributed by atoms with van der Waals surface area (Å²) < 4.78 is 4.91. The topological polar surface area (TPSA) is 63.6 Å². The van der Waals surface area contributed by atoms with Crippen LogP contribution >= 0.6 is 0 Å². The summed E-state index contributed by atoms with van der Waals surface area (Å²) >= 11 is 0. The number of hydrogen-bond donors (Lipinski definition) is 1. The van der Waals surface area contributed by atoms with Crippen molar-refractivity contribution in [3.63, 3.8) is 0 Å². The normalized spacial score (nSPS) is 10.6. The molecular weight excluding hydrogens is 327 g/mol.